The van der Waals surface area contributed by atoms with E-state index in [1.807, 2.05) is 6.92 Å². The van der Waals surface area contributed by atoms with Gasteiger partial charge in [0.1, 0.15) is 0 Å². The number of hydrogen-bond acceptors (Lipinski definition) is 4. The first-order valence-electron chi connectivity index (χ1n) is 3.49. The summed E-state index contributed by atoms with van der Waals surface area (Å²) < 4.78 is 5.15. The van der Waals surface area contributed by atoms with Crippen LogP contribution in [0.3, 0.4) is 0 Å². The van der Waals surface area contributed by atoms with Crippen molar-refractivity contribution in [2.45, 2.75) is 13.3 Å². The Morgan fingerprint density at radius 3 is 3.00 bits per heavy atom. The van der Waals surface area contributed by atoms with Crippen LogP contribution in [0.4, 0.5) is 6.01 Å². The molecule has 0 bridgehead atoms. The zero-order valence-electron chi connectivity index (χ0n) is 6.30. The smallest absolute Gasteiger partial charge is 0.315 e. The molecule has 0 aliphatic heterocycles. The zero-order chi connectivity index (χ0) is 8.10. The van der Waals surface area contributed by atoms with Crippen molar-refractivity contribution in [2.24, 2.45) is 0 Å². The van der Waals surface area contributed by atoms with Gasteiger partial charge in [0.25, 0.3) is 0 Å². The average molecular weight is 176 g/mol. The van der Waals surface area contributed by atoms with Crippen molar-refractivity contribution in [3.63, 3.8) is 0 Å². The topological polar surface area (TPSA) is 51.0 Å². The van der Waals surface area contributed by atoms with Gasteiger partial charge in [0, 0.05) is 18.8 Å². The summed E-state index contributed by atoms with van der Waals surface area (Å²) in [7, 11) is 0. The maximum Gasteiger partial charge on any atom is 0.315 e. The van der Waals surface area contributed by atoms with Gasteiger partial charge in [-0.05, 0) is 6.92 Å². The fourth-order valence-corrected chi connectivity index (χ4v) is 0.820. The van der Waals surface area contributed by atoms with Crippen LogP contribution in [0.1, 0.15) is 12.8 Å². The van der Waals surface area contributed by atoms with Crippen LogP contribution < -0.4 is 5.32 Å². The van der Waals surface area contributed by atoms with E-state index in [9.17, 15) is 0 Å². The third-order valence-electron chi connectivity index (χ3n) is 1.10. The summed E-state index contributed by atoms with van der Waals surface area (Å²) in [4.78, 5) is 0. The van der Waals surface area contributed by atoms with E-state index in [0.717, 1.165) is 6.54 Å². The molecule has 0 unspecified atom stereocenters. The summed E-state index contributed by atoms with van der Waals surface area (Å²) >= 11 is 5.47. The third-order valence-corrected chi connectivity index (χ3v) is 1.29. The lowest BCUT2D eigenvalue weighted by molar-refractivity contribution is 0.513. The fraction of sp³-hybridized carbons (Fsp3) is 0.667. The van der Waals surface area contributed by atoms with Crippen LogP contribution in [0.25, 0.3) is 0 Å². The largest absolute Gasteiger partial charge is 0.408 e. The minimum atomic E-state index is 0.465. The molecule has 5 heteroatoms. The molecular formula is C6H10ClN3O. The van der Waals surface area contributed by atoms with Crippen LogP contribution >= 0.6 is 11.6 Å². The predicted molar refractivity (Wildman–Crippen MR) is 42.9 cm³/mol. The number of halogens is 1. The molecule has 0 radical (unpaired) electrons. The standard InChI is InChI=1S/C6H10ClN3O/c1-2-8-6-10-9-5(11-6)3-4-7/h2-4H2,1H3,(H,8,10). The monoisotopic (exact) mass is 175 g/mol. The summed E-state index contributed by atoms with van der Waals surface area (Å²) in [6.45, 7) is 2.74. The van der Waals surface area contributed by atoms with Gasteiger partial charge >= 0.3 is 6.01 Å². The Labute approximate surface area is 69.9 Å². The molecule has 1 aromatic rings. The number of aromatic nitrogens is 2. The van der Waals surface area contributed by atoms with Crippen LogP contribution in [-0.2, 0) is 6.42 Å². The second-order valence-electron chi connectivity index (χ2n) is 1.97. The van der Waals surface area contributed by atoms with Gasteiger partial charge in [-0.2, -0.15) is 0 Å². The van der Waals surface area contributed by atoms with Crippen molar-refractivity contribution in [3.8, 4) is 0 Å². The molecule has 0 atom stereocenters. The molecule has 0 spiro atoms. The van der Waals surface area contributed by atoms with E-state index in [1.54, 1.807) is 0 Å². The number of hydrogen-bond donors (Lipinski definition) is 1. The summed E-state index contributed by atoms with van der Waals surface area (Å²) in [5.41, 5.74) is 0. The van der Waals surface area contributed by atoms with Gasteiger partial charge in [0.15, 0.2) is 0 Å². The SMILES string of the molecule is CCNc1nnc(CCCl)o1. The fourth-order valence-electron chi connectivity index (χ4n) is 0.658. The predicted octanol–water partition coefficient (Wildman–Crippen LogP) is 1.28. The third kappa shape index (κ3) is 2.38. The molecule has 1 rings (SSSR count). The molecule has 11 heavy (non-hydrogen) atoms. The number of nitrogens with zero attached hydrogens (tertiary/aromatic N) is 2. The second-order valence-corrected chi connectivity index (χ2v) is 2.35. The second kappa shape index (κ2) is 4.18. The Kier molecular flexibility index (Phi) is 3.16. The van der Waals surface area contributed by atoms with E-state index in [0.29, 0.717) is 24.2 Å². The van der Waals surface area contributed by atoms with E-state index in [-0.39, 0.29) is 0 Å². The number of aryl methyl sites for hydroxylation is 1. The maximum atomic E-state index is 5.47. The lowest BCUT2D eigenvalue weighted by Crippen LogP contribution is -1.95. The van der Waals surface area contributed by atoms with Crippen molar-refractivity contribution in [3.05, 3.63) is 5.89 Å². The van der Waals surface area contributed by atoms with Crippen LogP contribution in [0, 0.1) is 0 Å². The van der Waals surface area contributed by atoms with E-state index in [2.05, 4.69) is 15.5 Å². The van der Waals surface area contributed by atoms with Gasteiger partial charge in [-0.1, -0.05) is 5.10 Å². The normalized spacial score (nSPS) is 10.0. The van der Waals surface area contributed by atoms with Crippen LogP contribution in [-0.4, -0.2) is 22.6 Å². The zero-order valence-corrected chi connectivity index (χ0v) is 7.06. The van der Waals surface area contributed by atoms with E-state index < -0.39 is 0 Å². The van der Waals surface area contributed by atoms with Crippen molar-refractivity contribution in [2.75, 3.05) is 17.7 Å². The molecule has 0 fully saturated rings. The minimum absolute atomic E-state index is 0.465. The number of anilines is 1. The molecule has 0 saturated heterocycles. The lowest BCUT2D eigenvalue weighted by atomic mass is 10.5. The van der Waals surface area contributed by atoms with E-state index in [4.69, 9.17) is 16.0 Å². The summed E-state index contributed by atoms with van der Waals surface area (Å²) in [5, 5.41) is 10.4. The molecular weight excluding hydrogens is 166 g/mol. The van der Waals surface area contributed by atoms with Gasteiger partial charge in [-0.15, -0.1) is 16.7 Å². The van der Waals surface area contributed by atoms with Gasteiger partial charge < -0.3 is 9.73 Å². The molecule has 0 aliphatic carbocycles. The van der Waals surface area contributed by atoms with Crippen molar-refractivity contribution >= 4 is 17.6 Å². The number of rotatable bonds is 4. The van der Waals surface area contributed by atoms with Gasteiger partial charge in [-0.25, -0.2) is 0 Å². The summed E-state index contributed by atoms with van der Waals surface area (Å²) in [5.74, 6) is 1.09. The first kappa shape index (κ1) is 8.33. The highest BCUT2D eigenvalue weighted by Crippen LogP contribution is 2.05. The minimum Gasteiger partial charge on any atom is -0.408 e. The van der Waals surface area contributed by atoms with Crippen molar-refractivity contribution in [1.29, 1.82) is 0 Å². The van der Waals surface area contributed by atoms with Crippen molar-refractivity contribution in [1.82, 2.24) is 10.2 Å². The Morgan fingerprint density at radius 2 is 2.36 bits per heavy atom. The van der Waals surface area contributed by atoms with E-state index in [1.165, 1.54) is 0 Å². The first-order chi connectivity index (χ1) is 5.36. The first-order valence-corrected chi connectivity index (χ1v) is 4.02. The highest BCUT2D eigenvalue weighted by molar-refractivity contribution is 6.17. The lowest BCUT2D eigenvalue weighted by Gasteiger charge is -1.91. The van der Waals surface area contributed by atoms with Crippen LogP contribution in [0.5, 0.6) is 0 Å². The Hall–Kier alpha value is -0.770. The molecule has 62 valence electrons. The van der Waals surface area contributed by atoms with Gasteiger partial charge in [-0.3, -0.25) is 0 Å². The average Bonchev–Trinajstić information content (AvgIpc) is 2.38. The highest BCUT2D eigenvalue weighted by Gasteiger charge is 2.02. The van der Waals surface area contributed by atoms with Crippen LogP contribution in [0.2, 0.25) is 0 Å². The molecule has 4 nitrogen and oxygen atoms in total. The Balaban J connectivity index is 2.51. The molecule has 0 aliphatic rings. The molecule has 0 aromatic carbocycles. The molecule has 0 saturated carbocycles. The molecule has 0 amide bonds. The Bertz CT molecular complexity index is 193. The maximum absolute atomic E-state index is 5.47. The quantitative estimate of drug-likeness (QED) is 0.701. The summed E-state index contributed by atoms with van der Waals surface area (Å²) in [6, 6.07) is 0.465. The Morgan fingerprint density at radius 1 is 1.55 bits per heavy atom. The van der Waals surface area contributed by atoms with Crippen LogP contribution in [0.15, 0.2) is 4.42 Å². The van der Waals surface area contributed by atoms with Gasteiger partial charge in [0.2, 0.25) is 5.89 Å². The summed E-state index contributed by atoms with van der Waals surface area (Å²) in [6.07, 6.45) is 0.625. The molecule has 1 N–H and O–H groups in total. The molecule has 1 heterocycles. The molecule has 1 aromatic heterocycles. The van der Waals surface area contributed by atoms with Crippen molar-refractivity contribution < 1.29 is 4.42 Å². The number of alkyl halides is 1. The number of nitrogens with one attached hydrogen (secondary N) is 1. The highest BCUT2D eigenvalue weighted by atomic mass is 35.5. The van der Waals surface area contributed by atoms with E-state index >= 15 is 0 Å². The van der Waals surface area contributed by atoms with Gasteiger partial charge in [0.05, 0.1) is 0 Å².